The minimum atomic E-state index is -0.270. The molecule has 4 aliphatic carbocycles. The van der Waals surface area contributed by atoms with Gasteiger partial charge >= 0.3 is 0 Å². The van der Waals surface area contributed by atoms with Crippen molar-refractivity contribution < 1.29 is 4.79 Å². The summed E-state index contributed by atoms with van der Waals surface area (Å²) in [4.78, 5) is 14.8. The number of hydrogen-bond donors (Lipinski definition) is 2. The van der Waals surface area contributed by atoms with Gasteiger partial charge < -0.3 is 4.90 Å². The van der Waals surface area contributed by atoms with E-state index >= 15 is 0 Å². The van der Waals surface area contributed by atoms with Crippen LogP contribution >= 0.6 is 0 Å². The second-order valence-corrected chi connectivity index (χ2v) is 7.11. The van der Waals surface area contributed by atoms with Gasteiger partial charge in [-0.3, -0.25) is 10.6 Å². The molecule has 0 radical (unpaired) electrons. The van der Waals surface area contributed by atoms with Crippen molar-refractivity contribution in [3.05, 3.63) is 0 Å². The fraction of sp³-hybridized carbons (Fsp3) is 0.933. The van der Waals surface area contributed by atoms with E-state index in [2.05, 4.69) is 17.2 Å². The quantitative estimate of drug-likeness (QED) is 0.600. The summed E-state index contributed by atoms with van der Waals surface area (Å²) in [6.45, 7) is 4.79. The molecule has 0 aromatic heterocycles. The summed E-state index contributed by atoms with van der Waals surface area (Å²) in [5, 5.41) is 0. The molecular weight excluding hydrogens is 238 g/mol. The lowest BCUT2D eigenvalue weighted by molar-refractivity contribution is -0.152. The third kappa shape index (κ3) is 2.09. The predicted octanol–water partition coefficient (Wildman–Crippen LogP) is 1.66. The van der Waals surface area contributed by atoms with Crippen molar-refractivity contribution in [3.63, 3.8) is 0 Å². The van der Waals surface area contributed by atoms with Gasteiger partial charge in [0.05, 0.1) is 6.04 Å². The van der Waals surface area contributed by atoms with E-state index in [9.17, 15) is 4.79 Å². The van der Waals surface area contributed by atoms with Crippen LogP contribution in [0.2, 0.25) is 0 Å². The number of hydrogen-bond acceptors (Lipinski definition) is 3. The Balaban J connectivity index is 1.84. The molecule has 0 spiro atoms. The minimum absolute atomic E-state index is 0.158. The SMILES string of the molecule is CCN(C(=O)C(C)NN)C12CC3CC(CC(C3)C1)C2. The van der Waals surface area contributed by atoms with Crippen LogP contribution in [0.5, 0.6) is 0 Å². The Labute approximate surface area is 116 Å². The van der Waals surface area contributed by atoms with E-state index in [1.54, 1.807) is 0 Å². The summed E-state index contributed by atoms with van der Waals surface area (Å²) in [7, 11) is 0. The number of likely N-dealkylation sites (N-methyl/N-ethyl adjacent to an activating group) is 1. The Kier molecular flexibility index (Phi) is 3.34. The van der Waals surface area contributed by atoms with Crippen molar-refractivity contribution in [2.24, 2.45) is 23.6 Å². The lowest BCUT2D eigenvalue weighted by atomic mass is 9.52. The molecule has 4 nitrogen and oxygen atoms in total. The number of carbonyl (C=O) groups is 1. The van der Waals surface area contributed by atoms with Crippen molar-refractivity contribution in [3.8, 4) is 0 Å². The molecule has 4 heteroatoms. The average Bonchev–Trinajstić information content (AvgIpc) is 2.36. The molecule has 3 N–H and O–H groups in total. The lowest BCUT2D eigenvalue weighted by Gasteiger charge is -2.60. The maximum absolute atomic E-state index is 12.6. The number of rotatable bonds is 4. The van der Waals surface area contributed by atoms with Gasteiger partial charge in [0.15, 0.2) is 0 Å². The van der Waals surface area contributed by atoms with E-state index in [-0.39, 0.29) is 17.5 Å². The van der Waals surface area contributed by atoms with Gasteiger partial charge in [-0.25, -0.2) is 5.43 Å². The third-order valence-electron chi connectivity index (χ3n) is 5.78. The van der Waals surface area contributed by atoms with E-state index < -0.39 is 0 Å². The van der Waals surface area contributed by atoms with Gasteiger partial charge in [-0.15, -0.1) is 0 Å². The fourth-order valence-corrected chi connectivity index (χ4v) is 5.43. The number of hydrazine groups is 1. The van der Waals surface area contributed by atoms with E-state index in [1.807, 2.05) is 6.92 Å². The zero-order valence-corrected chi connectivity index (χ0v) is 12.2. The van der Waals surface area contributed by atoms with Crippen LogP contribution in [0.3, 0.4) is 0 Å². The molecule has 4 rings (SSSR count). The maximum atomic E-state index is 12.6. The van der Waals surface area contributed by atoms with E-state index in [0.29, 0.717) is 0 Å². The number of amides is 1. The molecule has 4 saturated carbocycles. The average molecular weight is 265 g/mol. The number of carbonyl (C=O) groups excluding carboxylic acids is 1. The van der Waals surface area contributed by atoms with Crippen LogP contribution in [0.25, 0.3) is 0 Å². The van der Waals surface area contributed by atoms with Gasteiger partial charge in [0, 0.05) is 12.1 Å². The second kappa shape index (κ2) is 4.74. The molecule has 1 amide bonds. The highest BCUT2D eigenvalue weighted by Gasteiger charge is 2.54. The Hall–Kier alpha value is -0.610. The van der Waals surface area contributed by atoms with Crippen LogP contribution in [0.4, 0.5) is 0 Å². The maximum Gasteiger partial charge on any atom is 0.241 e. The Morgan fingerprint density at radius 1 is 1.26 bits per heavy atom. The van der Waals surface area contributed by atoms with Crippen molar-refractivity contribution in [1.82, 2.24) is 10.3 Å². The molecule has 0 aromatic rings. The van der Waals surface area contributed by atoms with Crippen LogP contribution in [0, 0.1) is 17.8 Å². The zero-order valence-electron chi connectivity index (χ0n) is 12.2. The smallest absolute Gasteiger partial charge is 0.241 e. The molecule has 19 heavy (non-hydrogen) atoms. The molecule has 0 aromatic carbocycles. The van der Waals surface area contributed by atoms with Crippen LogP contribution in [-0.4, -0.2) is 28.9 Å². The lowest BCUT2D eigenvalue weighted by Crippen LogP contribution is -2.64. The standard InChI is InChI=1S/C15H27N3O/c1-3-18(14(19)10(2)17-16)15-7-11-4-12(8-15)6-13(5-11)9-15/h10-13,17H,3-9,16H2,1-2H3. The predicted molar refractivity (Wildman–Crippen MR) is 75.1 cm³/mol. The summed E-state index contributed by atoms with van der Waals surface area (Å²) in [5.41, 5.74) is 2.78. The number of nitrogens with zero attached hydrogens (tertiary/aromatic N) is 1. The number of nitrogens with one attached hydrogen (secondary N) is 1. The van der Waals surface area contributed by atoms with Crippen LogP contribution in [0.15, 0.2) is 0 Å². The van der Waals surface area contributed by atoms with Crippen LogP contribution < -0.4 is 11.3 Å². The normalized spacial score (nSPS) is 41.3. The van der Waals surface area contributed by atoms with Gasteiger partial charge in [-0.05, 0) is 70.1 Å². The molecule has 1 atom stereocenters. The van der Waals surface area contributed by atoms with Crippen molar-refractivity contribution in [2.75, 3.05) is 6.54 Å². The largest absolute Gasteiger partial charge is 0.336 e. The fourth-order valence-electron chi connectivity index (χ4n) is 5.43. The molecular formula is C15H27N3O. The topological polar surface area (TPSA) is 58.4 Å². The molecule has 108 valence electrons. The molecule has 0 heterocycles. The summed E-state index contributed by atoms with van der Waals surface area (Å²) in [6.07, 6.45) is 7.93. The molecule has 4 aliphatic rings. The Bertz CT molecular complexity index is 333. The van der Waals surface area contributed by atoms with Gasteiger partial charge in [0.1, 0.15) is 0 Å². The highest BCUT2D eigenvalue weighted by molar-refractivity contribution is 5.82. The van der Waals surface area contributed by atoms with Crippen molar-refractivity contribution in [1.29, 1.82) is 0 Å². The third-order valence-corrected chi connectivity index (χ3v) is 5.78. The van der Waals surface area contributed by atoms with Gasteiger partial charge in [-0.1, -0.05) is 0 Å². The molecule has 4 fully saturated rings. The first kappa shape index (κ1) is 13.4. The summed E-state index contributed by atoms with van der Waals surface area (Å²) >= 11 is 0. The van der Waals surface area contributed by atoms with Gasteiger partial charge in [-0.2, -0.15) is 0 Å². The van der Waals surface area contributed by atoms with Crippen molar-refractivity contribution >= 4 is 5.91 Å². The van der Waals surface area contributed by atoms with Crippen molar-refractivity contribution in [2.45, 2.75) is 64.0 Å². The first-order valence-corrected chi connectivity index (χ1v) is 7.85. The highest BCUT2D eigenvalue weighted by Crippen LogP contribution is 2.57. The molecule has 0 aliphatic heterocycles. The second-order valence-electron chi connectivity index (χ2n) is 7.11. The van der Waals surface area contributed by atoms with Crippen LogP contribution in [-0.2, 0) is 4.79 Å². The first-order valence-electron chi connectivity index (χ1n) is 7.85. The Morgan fingerprint density at radius 3 is 2.11 bits per heavy atom. The van der Waals surface area contributed by atoms with E-state index in [4.69, 9.17) is 5.84 Å². The molecule has 4 bridgehead atoms. The van der Waals surface area contributed by atoms with Gasteiger partial charge in [0.25, 0.3) is 0 Å². The summed E-state index contributed by atoms with van der Waals surface area (Å²) in [5.74, 6) is 8.26. The van der Waals surface area contributed by atoms with Gasteiger partial charge in [0.2, 0.25) is 5.91 Å². The molecule has 1 unspecified atom stereocenters. The minimum Gasteiger partial charge on any atom is -0.336 e. The van der Waals surface area contributed by atoms with E-state index in [0.717, 1.165) is 24.3 Å². The summed E-state index contributed by atoms with van der Waals surface area (Å²) < 4.78 is 0. The van der Waals surface area contributed by atoms with E-state index in [1.165, 1.54) is 38.5 Å². The first-order chi connectivity index (χ1) is 9.08. The van der Waals surface area contributed by atoms with Crippen LogP contribution in [0.1, 0.15) is 52.4 Å². The highest BCUT2D eigenvalue weighted by atomic mass is 16.2. The summed E-state index contributed by atoms with van der Waals surface area (Å²) in [6, 6.07) is -0.270. The monoisotopic (exact) mass is 265 g/mol. The number of nitrogens with two attached hydrogens (primary N) is 1. The Morgan fingerprint density at radius 2 is 1.74 bits per heavy atom. The molecule has 0 saturated heterocycles. The zero-order chi connectivity index (χ0) is 13.6.